The van der Waals surface area contributed by atoms with E-state index in [9.17, 15) is 4.79 Å². The van der Waals surface area contributed by atoms with Crippen molar-refractivity contribution in [1.29, 1.82) is 0 Å². The molecule has 0 bridgehead atoms. The number of aromatic nitrogens is 4. The van der Waals surface area contributed by atoms with Gasteiger partial charge in [0.2, 0.25) is 0 Å². The summed E-state index contributed by atoms with van der Waals surface area (Å²) in [5.41, 5.74) is 3.66. The number of carbonyl (C=O) groups excluding carboxylic acids is 1. The van der Waals surface area contributed by atoms with E-state index >= 15 is 0 Å². The minimum atomic E-state index is -0.349. The fraction of sp³-hybridized carbons (Fsp3) is 0.0833. The van der Waals surface area contributed by atoms with E-state index in [2.05, 4.69) is 20.4 Å². The second-order valence-corrected chi connectivity index (χ2v) is 7.07. The molecule has 3 aromatic carbocycles. The molecular weight excluding hydrogens is 390 g/mol. The summed E-state index contributed by atoms with van der Waals surface area (Å²) in [6.45, 7) is 0.566. The fourth-order valence-corrected chi connectivity index (χ4v) is 3.48. The first-order valence-corrected chi connectivity index (χ1v) is 9.83. The molecule has 1 amide bonds. The minimum absolute atomic E-state index is 0.243. The lowest BCUT2D eigenvalue weighted by Gasteiger charge is -2.05. The molecule has 0 aliphatic rings. The van der Waals surface area contributed by atoms with E-state index in [4.69, 9.17) is 4.74 Å². The molecule has 0 fully saturated rings. The fourth-order valence-electron chi connectivity index (χ4n) is 3.48. The first kappa shape index (κ1) is 18.7. The van der Waals surface area contributed by atoms with Gasteiger partial charge in [-0.2, -0.15) is 5.10 Å². The predicted molar refractivity (Wildman–Crippen MR) is 119 cm³/mol. The molecule has 5 rings (SSSR count). The van der Waals surface area contributed by atoms with Crippen LogP contribution in [0.4, 0.5) is 5.82 Å². The zero-order valence-electron chi connectivity index (χ0n) is 16.8. The first-order chi connectivity index (χ1) is 15.2. The Hall–Kier alpha value is -4.26. The van der Waals surface area contributed by atoms with Gasteiger partial charge in [0, 0.05) is 5.39 Å². The second-order valence-electron chi connectivity index (χ2n) is 7.07. The molecule has 0 aliphatic heterocycles. The summed E-state index contributed by atoms with van der Waals surface area (Å²) in [7, 11) is 1.64. The number of hydrogen-bond acceptors (Lipinski definition) is 5. The number of fused-ring (bicyclic) bond motifs is 2. The van der Waals surface area contributed by atoms with Gasteiger partial charge in [0.15, 0.2) is 5.82 Å². The van der Waals surface area contributed by atoms with Gasteiger partial charge in [-0.25, -0.2) is 4.98 Å². The van der Waals surface area contributed by atoms with Crippen molar-refractivity contribution in [2.45, 2.75) is 6.54 Å². The van der Waals surface area contributed by atoms with Crippen LogP contribution < -0.4 is 10.1 Å². The quantitative estimate of drug-likeness (QED) is 0.468. The lowest BCUT2D eigenvalue weighted by atomic mass is 10.2. The number of ether oxygens (including phenoxy) is 1. The van der Waals surface area contributed by atoms with Crippen LogP contribution in [0, 0.1) is 0 Å². The van der Waals surface area contributed by atoms with Gasteiger partial charge in [0.1, 0.15) is 11.4 Å². The monoisotopic (exact) mass is 409 g/mol. The van der Waals surface area contributed by atoms with E-state index < -0.39 is 0 Å². The molecule has 31 heavy (non-hydrogen) atoms. The number of rotatable bonds is 5. The molecule has 0 unspecified atom stereocenters. The van der Waals surface area contributed by atoms with Crippen LogP contribution in [0.1, 0.15) is 16.1 Å². The van der Waals surface area contributed by atoms with Gasteiger partial charge < -0.3 is 10.1 Å². The second kappa shape index (κ2) is 7.87. The molecule has 0 radical (unpaired) electrons. The van der Waals surface area contributed by atoms with Gasteiger partial charge >= 0.3 is 0 Å². The predicted octanol–water partition coefficient (Wildman–Crippen LogP) is 4.29. The molecule has 2 aromatic heterocycles. The average molecular weight is 409 g/mol. The maximum Gasteiger partial charge on any atom is 0.277 e. The highest BCUT2D eigenvalue weighted by Gasteiger charge is 2.16. The molecule has 152 valence electrons. The number of para-hydroxylation sites is 3. The summed E-state index contributed by atoms with van der Waals surface area (Å²) in [6.07, 6.45) is 1.48. The maximum atomic E-state index is 12.9. The van der Waals surface area contributed by atoms with Crippen molar-refractivity contribution in [1.82, 2.24) is 19.7 Å². The first-order valence-electron chi connectivity index (χ1n) is 9.83. The largest absolute Gasteiger partial charge is 0.497 e. The third-order valence-electron chi connectivity index (χ3n) is 5.06. The van der Waals surface area contributed by atoms with Gasteiger partial charge in [0.25, 0.3) is 5.91 Å². The number of carbonyl (C=O) groups is 1. The van der Waals surface area contributed by atoms with Gasteiger partial charge in [-0.05, 0) is 42.0 Å². The van der Waals surface area contributed by atoms with E-state index in [0.29, 0.717) is 17.9 Å². The van der Waals surface area contributed by atoms with Crippen molar-refractivity contribution in [3.05, 3.63) is 90.3 Å². The molecular formula is C24H19N5O2. The summed E-state index contributed by atoms with van der Waals surface area (Å²) in [4.78, 5) is 21.6. The van der Waals surface area contributed by atoms with Crippen molar-refractivity contribution in [3.8, 4) is 5.75 Å². The smallest absolute Gasteiger partial charge is 0.277 e. The minimum Gasteiger partial charge on any atom is -0.497 e. The summed E-state index contributed by atoms with van der Waals surface area (Å²) < 4.78 is 7.10. The van der Waals surface area contributed by atoms with E-state index in [1.54, 1.807) is 7.11 Å². The molecule has 7 nitrogen and oxygen atoms in total. The van der Waals surface area contributed by atoms with Crippen LogP contribution >= 0.6 is 0 Å². The Bertz CT molecular complexity index is 1390. The van der Waals surface area contributed by atoms with Crippen LogP contribution in [0.5, 0.6) is 5.75 Å². The average Bonchev–Trinajstić information content (AvgIpc) is 3.16. The van der Waals surface area contributed by atoms with E-state index in [-0.39, 0.29) is 11.6 Å². The molecule has 1 N–H and O–H groups in total. The summed E-state index contributed by atoms with van der Waals surface area (Å²) in [5.74, 6) is 0.945. The van der Waals surface area contributed by atoms with E-state index in [0.717, 1.165) is 27.7 Å². The van der Waals surface area contributed by atoms with Crippen LogP contribution in [0.25, 0.3) is 21.9 Å². The Kier molecular flexibility index (Phi) is 4.76. The SMILES string of the molecule is COc1ccc(Cn2nc(NC(=O)c3cnc4ccccc4n3)c3ccccc32)cc1. The highest BCUT2D eigenvalue weighted by atomic mass is 16.5. The third-order valence-corrected chi connectivity index (χ3v) is 5.06. The van der Waals surface area contributed by atoms with Gasteiger partial charge in [-0.3, -0.25) is 14.5 Å². The van der Waals surface area contributed by atoms with Gasteiger partial charge in [-0.1, -0.05) is 36.4 Å². The molecule has 0 atom stereocenters. The lowest BCUT2D eigenvalue weighted by Crippen LogP contribution is -2.15. The molecule has 2 heterocycles. The van der Waals surface area contributed by atoms with Crippen molar-refractivity contribution in [2.24, 2.45) is 0 Å². The van der Waals surface area contributed by atoms with Crippen LogP contribution in [0.3, 0.4) is 0 Å². The zero-order chi connectivity index (χ0) is 21.2. The highest BCUT2D eigenvalue weighted by Crippen LogP contribution is 2.24. The van der Waals surface area contributed by atoms with Gasteiger partial charge in [-0.15, -0.1) is 0 Å². The van der Waals surface area contributed by atoms with Crippen molar-refractivity contribution in [3.63, 3.8) is 0 Å². The third kappa shape index (κ3) is 3.69. The van der Waals surface area contributed by atoms with E-state index in [1.165, 1.54) is 6.20 Å². The highest BCUT2D eigenvalue weighted by molar-refractivity contribution is 6.07. The Morgan fingerprint density at radius 2 is 1.71 bits per heavy atom. The molecule has 0 saturated carbocycles. The Labute approximate surface area is 178 Å². The topological polar surface area (TPSA) is 81.9 Å². The van der Waals surface area contributed by atoms with Gasteiger partial charge in [0.05, 0.1) is 36.4 Å². The van der Waals surface area contributed by atoms with Crippen LogP contribution in [-0.2, 0) is 6.54 Å². The van der Waals surface area contributed by atoms with Crippen molar-refractivity contribution < 1.29 is 9.53 Å². The number of nitrogens with one attached hydrogen (secondary N) is 1. The maximum absolute atomic E-state index is 12.9. The molecule has 0 aliphatic carbocycles. The Morgan fingerprint density at radius 3 is 2.52 bits per heavy atom. The molecule has 5 aromatic rings. The van der Waals surface area contributed by atoms with Crippen molar-refractivity contribution >= 4 is 33.7 Å². The normalized spacial score (nSPS) is 11.0. The lowest BCUT2D eigenvalue weighted by molar-refractivity contribution is 0.102. The molecule has 0 saturated heterocycles. The van der Waals surface area contributed by atoms with Crippen LogP contribution in [-0.4, -0.2) is 32.8 Å². The number of methoxy groups -OCH3 is 1. The molecule has 0 spiro atoms. The van der Waals surface area contributed by atoms with E-state index in [1.807, 2.05) is 77.5 Å². The summed E-state index contributed by atoms with van der Waals surface area (Å²) >= 11 is 0. The summed E-state index contributed by atoms with van der Waals surface area (Å²) in [5, 5.41) is 8.42. The van der Waals surface area contributed by atoms with Crippen molar-refractivity contribution in [2.75, 3.05) is 12.4 Å². The Balaban J connectivity index is 1.45. The zero-order valence-corrected chi connectivity index (χ0v) is 16.8. The number of nitrogens with zero attached hydrogens (tertiary/aromatic N) is 4. The Morgan fingerprint density at radius 1 is 0.968 bits per heavy atom. The number of amides is 1. The number of benzene rings is 3. The standard InChI is InChI=1S/C24H19N5O2/c1-31-17-12-10-16(11-13-17)15-29-22-9-5-2-6-18(22)23(28-29)27-24(30)21-14-25-19-7-3-4-8-20(19)26-21/h2-14H,15H2,1H3,(H,27,28,30). The summed E-state index contributed by atoms with van der Waals surface area (Å²) in [6, 6.07) is 23.1. The number of hydrogen-bond donors (Lipinski definition) is 1. The molecule has 7 heteroatoms. The number of anilines is 1. The van der Waals surface area contributed by atoms with Crippen LogP contribution in [0.15, 0.2) is 79.0 Å². The van der Waals surface area contributed by atoms with Crippen LogP contribution in [0.2, 0.25) is 0 Å².